The number of aromatic hydroxyl groups is 1. The van der Waals surface area contributed by atoms with Crippen molar-refractivity contribution in [1.82, 2.24) is 0 Å². The molecule has 29 heavy (non-hydrogen) atoms. The molecule has 7 nitrogen and oxygen atoms in total. The predicted molar refractivity (Wildman–Crippen MR) is 114 cm³/mol. The number of para-hydroxylation sites is 1. The molecule has 0 aliphatic heterocycles. The number of amides is 1. The van der Waals surface area contributed by atoms with E-state index in [0.717, 1.165) is 0 Å². The van der Waals surface area contributed by atoms with Crippen molar-refractivity contribution >= 4 is 44.6 Å². The highest BCUT2D eigenvalue weighted by atomic mass is 35.5. The lowest BCUT2D eigenvalue weighted by atomic mass is 10.1. The van der Waals surface area contributed by atoms with Gasteiger partial charge in [0, 0.05) is 17.8 Å². The van der Waals surface area contributed by atoms with Gasteiger partial charge in [0.1, 0.15) is 5.75 Å². The van der Waals surface area contributed by atoms with Gasteiger partial charge >= 0.3 is 0 Å². The summed E-state index contributed by atoms with van der Waals surface area (Å²) in [5.74, 6) is -0.760. The van der Waals surface area contributed by atoms with Crippen molar-refractivity contribution in [1.29, 1.82) is 0 Å². The fourth-order valence-corrected chi connectivity index (χ4v) is 3.90. The van der Waals surface area contributed by atoms with Crippen LogP contribution in [-0.4, -0.2) is 26.5 Å². The molecule has 0 fully saturated rings. The zero-order valence-electron chi connectivity index (χ0n) is 15.3. The molecule has 1 amide bonds. The van der Waals surface area contributed by atoms with Gasteiger partial charge in [0.25, 0.3) is 15.9 Å². The number of phenolic OH excluding ortho intramolecular Hbond substituents is 1. The summed E-state index contributed by atoms with van der Waals surface area (Å²) >= 11 is 5.89. The molecule has 0 radical (unpaired) electrons. The Morgan fingerprint density at radius 1 is 0.966 bits per heavy atom. The Balaban J connectivity index is 1.88. The predicted octanol–water partition coefficient (Wildman–Crippen LogP) is 4.14. The minimum absolute atomic E-state index is 0.0325. The molecule has 0 saturated carbocycles. The number of carbonyl (C=O) groups is 1. The highest BCUT2D eigenvalue weighted by Gasteiger charge is 2.18. The lowest BCUT2D eigenvalue weighted by Crippen LogP contribution is -2.16. The third-order valence-electron chi connectivity index (χ3n) is 4.04. The second-order valence-electron chi connectivity index (χ2n) is 6.04. The van der Waals surface area contributed by atoms with E-state index in [1.54, 1.807) is 49.5 Å². The van der Waals surface area contributed by atoms with E-state index in [2.05, 4.69) is 15.4 Å². The summed E-state index contributed by atoms with van der Waals surface area (Å²) in [6, 6.07) is 16.7. The Morgan fingerprint density at radius 3 is 2.45 bits per heavy atom. The highest BCUT2D eigenvalue weighted by Crippen LogP contribution is 2.29. The van der Waals surface area contributed by atoms with Gasteiger partial charge in [-0.05, 0) is 48.5 Å². The number of anilines is 3. The molecule has 4 N–H and O–H groups in total. The third-order valence-corrected chi connectivity index (χ3v) is 5.66. The zero-order valence-corrected chi connectivity index (χ0v) is 16.9. The van der Waals surface area contributed by atoms with E-state index < -0.39 is 15.9 Å². The van der Waals surface area contributed by atoms with Gasteiger partial charge in [-0.3, -0.25) is 9.52 Å². The number of nitrogens with one attached hydrogen (secondary N) is 3. The van der Waals surface area contributed by atoms with Crippen molar-refractivity contribution in [2.24, 2.45) is 0 Å². The van der Waals surface area contributed by atoms with Crippen molar-refractivity contribution in [3.8, 4) is 5.75 Å². The Bertz CT molecular complexity index is 1170. The third kappa shape index (κ3) is 4.79. The number of hydrogen-bond donors (Lipinski definition) is 4. The number of rotatable bonds is 6. The molecule has 0 unspecified atom stereocenters. The van der Waals surface area contributed by atoms with Crippen LogP contribution in [0.2, 0.25) is 5.02 Å². The standard InChI is InChI=1S/C20H18ClN3O4S/c1-22-17-8-3-2-7-16(17)20(26)23-18-12-15(9-10-19(18)25)29(27,28)24-14-6-4-5-13(21)11-14/h2-12,22,24-25H,1H3,(H,23,26). The van der Waals surface area contributed by atoms with Gasteiger partial charge in [-0.25, -0.2) is 8.42 Å². The molecule has 0 atom stereocenters. The van der Waals surface area contributed by atoms with Crippen LogP contribution < -0.4 is 15.4 Å². The first-order valence-corrected chi connectivity index (χ1v) is 10.4. The van der Waals surface area contributed by atoms with Crippen LogP contribution in [-0.2, 0) is 10.0 Å². The number of phenols is 1. The molecule has 0 spiro atoms. The van der Waals surface area contributed by atoms with Gasteiger partial charge in [0.15, 0.2) is 0 Å². The molecule has 9 heteroatoms. The van der Waals surface area contributed by atoms with E-state index in [1.165, 1.54) is 24.3 Å². The fourth-order valence-electron chi connectivity index (χ4n) is 2.64. The molecule has 3 rings (SSSR count). The van der Waals surface area contributed by atoms with Crippen LogP contribution in [0.1, 0.15) is 10.4 Å². The van der Waals surface area contributed by atoms with Crippen molar-refractivity contribution in [2.45, 2.75) is 4.90 Å². The summed E-state index contributed by atoms with van der Waals surface area (Å²) in [4.78, 5) is 12.5. The minimum Gasteiger partial charge on any atom is -0.506 e. The Labute approximate surface area is 173 Å². The maximum atomic E-state index is 12.7. The molecular weight excluding hydrogens is 414 g/mol. The highest BCUT2D eigenvalue weighted by molar-refractivity contribution is 7.92. The lowest BCUT2D eigenvalue weighted by molar-refractivity contribution is 0.102. The second kappa shape index (κ2) is 8.42. The zero-order chi connectivity index (χ0) is 21.0. The summed E-state index contributed by atoms with van der Waals surface area (Å²) < 4.78 is 27.8. The molecule has 0 aliphatic rings. The van der Waals surface area contributed by atoms with Crippen LogP contribution in [0.5, 0.6) is 5.75 Å². The molecule has 0 bridgehead atoms. The normalized spacial score (nSPS) is 11.0. The van der Waals surface area contributed by atoms with Crippen LogP contribution in [0.4, 0.5) is 17.1 Å². The van der Waals surface area contributed by atoms with Crippen LogP contribution in [0.25, 0.3) is 0 Å². The summed E-state index contributed by atoms with van der Waals surface area (Å²) in [5, 5.41) is 15.9. The quantitative estimate of drug-likeness (QED) is 0.439. The van der Waals surface area contributed by atoms with Gasteiger partial charge < -0.3 is 15.7 Å². The largest absolute Gasteiger partial charge is 0.506 e. The van der Waals surface area contributed by atoms with Crippen LogP contribution in [0.3, 0.4) is 0 Å². The first-order valence-electron chi connectivity index (χ1n) is 8.50. The van der Waals surface area contributed by atoms with Gasteiger partial charge in [0.05, 0.1) is 21.8 Å². The molecule has 3 aromatic rings. The fraction of sp³-hybridized carbons (Fsp3) is 0.0500. The van der Waals surface area contributed by atoms with Crippen LogP contribution in [0.15, 0.2) is 71.6 Å². The van der Waals surface area contributed by atoms with Crippen molar-refractivity contribution < 1.29 is 18.3 Å². The van der Waals surface area contributed by atoms with E-state index in [4.69, 9.17) is 11.6 Å². The molecule has 0 heterocycles. The summed E-state index contributed by atoms with van der Waals surface area (Å²) in [5.41, 5.74) is 1.20. The topological polar surface area (TPSA) is 108 Å². The van der Waals surface area contributed by atoms with Crippen molar-refractivity contribution in [3.05, 3.63) is 77.3 Å². The Kier molecular flexibility index (Phi) is 5.95. The number of carbonyl (C=O) groups excluding carboxylic acids is 1. The van der Waals surface area contributed by atoms with Crippen LogP contribution >= 0.6 is 11.6 Å². The number of benzene rings is 3. The molecular formula is C20H18ClN3O4S. The van der Waals surface area contributed by atoms with E-state index in [0.29, 0.717) is 22.0 Å². The van der Waals surface area contributed by atoms with Gasteiger partial charge in [-0.15, -0.1) is 0 Å². The summed E-state index contributed by atoms with van der Waals surface area (Å²) in [7, 11) is -2.29. The monoisotopic (exact) mass is 431 g/mol. The van der Waals surface area contributed by atoms with E-state index >= 15 is 0 Å². The minimum atomic E-state index is -3.97. The van der Waals surface area contributed by atoms with Crippen LogP contribution in [0, 0.1) is 0 Å². The van der Waals surface area contributed by atoms with E-state index in [1.807, 2.05) is 0 Å². The van der Waals surface area contributed by atoms with E-state index in [-0.39, 0.29) is 16.3 Å². The number of sulfonamides is 1. The SMILES string of the molecule is CNc1ccccc1C(=O)Nc1cc(S(=O)(=O)Nc2cccc(Cl)c2)ccc1O. The average Bonchev–Trinajstić information content (AvgIpc) is 2.69. The average molecular weight is 432 g/mol. The van der Waals surface area contributed by atoms with Crippen molar-refractivity contribution in [3.63, 3.8) is 0 Å². The Morgan fingerprint density at radius 2 is 1.72 bits per heavy atom. The lowest BCUT2D eigenvalue weighted by Gasteiger charge is -2.13. The molecule has 150 valence electrons. The summed E-state index contributed by atoms with van der Waals surface area (Å²) in [6.45, 7) is 0. The van der Waals surface area contributed by atoms with Gasteiger partial charge in [-0.1, -0.05) is 29.8 Å². The number of hydrogen-bond acceptors (Lipinski definition) is 5. The van der Waals surface area contributed by atoms with Gasteiger partial charge in [0.2, 0.25) is 0 Å². The Hall–Kier alpha value is -3.23. The maximum Gasteiger partial charge on any atom is 0.261 e. The molecule has 0 saturated heterocycles. The van der Waals surface area contributed by atoms with Gasteiger partial charge in [-0.2, -0.15) is 0 Å². The second-order valence-corrected chi connectivity index (χ2v) is 8.16. The van der Waals surface area contributed by atoms with Crippen molar-refractivity contribution in [2.75, 3.05) is 22.4 Å². The molecule has 3 aromatic carbocycles. The first kappa shape index (κ1) is 20.5. The molecule has 0 aliphatic carbocycles. The number of halogens is 1. The molecule has 0 aromatic heterocycles. The smallest absolute Gasteiger partial charge is 0.261 e. The first-order chi connectivity index (χ1) is 13.8. The van der Waals surface area contributed by atoms with E-state index in [9.17, 15) is 18.3 Å². The maximum absolute atomic E-state index is 12.7. The summed E-state index contributed by atoms with van der Waals surface area (Å²) in [6.07, 6.45) is 0.